The molecule has 0 unspecified atom stereocenters. The van der Waals surface area contributed by atoms with Gasteiger partial charge in [-0.2, -0.15) is 0 Å². The zero-order valence-corrected chi connectivity index (χ0v) is 11.6. The van der Waals surface area contributed by atoms with Gasteiger partial charge in [0.25, 0.3) is 0 Å². The van der Waals surface area contributed by atoms with Crippen LogP contribution in [0.4, 0.5) is 0 Å². The number of hydrogen-bond donors (Lipinski definition) is 1. The van der Waals surface area contributed by atoms with E-state index in [4.69, 9.17) is 11.6 Å². The van der Waals surface area contributed by atoms with Crippen LogP contribution in [0.15, 0.2) is 0 Å². The zero-order chi connectivity index (χ0) is 12.5. The minimum atomic E-state index is -0.913. The Morgan fingerprint density at radius 1 is 1.38 bits per heavy atom. The summed E-state index contributed by atoms with van der Waals surface area (Å²) in [4.78, 5) is 12.3. The second-order valence-electron chi connectivity index (χ2n) is 4.65. The normalized spacial score (nSPS) is 11.4. The van der Waals surface area contributed by atoms with Crippen molar-refractivity contribution < 1.29 is 9.90 Å². The third-order valence-corrected chi connectivity index (χ3v) is 4.09. The summed E-state index contributed by atoms with van der Waals surface area (Å²) in [5, 5.41) is 9.18. The summed E-state index contributed by atoms with van der Waals surface area (Å²) < 4.78 is 0.409. The Morgan fingerprint density at radius 3 is 2.31 bits per heavy atom. The van der Waals surface area contributed by atoms with Gasteiger partial charge in [0.2, 0.25) is 0 Å². The van der Waals surface area contributed by atoms with Crippen molar-refractivity contribution in [2.24, 2.45) is 5.92 Å². The molecule has 1 rings (SSSR count). The van der Waals surface area contributed by atoms with Gasteiger partial charge in [-0.05, 0) is 23.8 Å². The summed E-state index contributed by atoms with van der Waals surface area (Å²) in [6, 6.07) is 0. The highest BCUT2D eigenvalue weighted by Gasteiger charge is 2.23. The Bertz CT molecular complexity index is 394. The molecule has 16 heavy (non-hydrogen) atoms. The molecule has 0 amide bonds. The first-order valence-corrected chi connectivity index (χ1v) is 6.58. The van der Waals surface area contributed by atoms with Crippen molar-refractivity contribution in [1.29, 1.82) is 0 Å². The first-order chi connectivity index (χ1) is 7.34. The van der Waals surface area contributed by atoms with Crippen molar-refractivity contribution in [3.05, 3.63) is 20.3 Å². The molecule has 0 aliphatic heterocycles. The molecule has 4 heteroatoms. The average Bonchev–Trinajstić information content (AvgIpc) is 2.41. The van der Waals surface area contributed by atoms with Crippen LogP contribution in [0.1, 0.15) is 54.4 Å². The number of halogens is 1. The first-order valence-electron chi connectivity index (χ1n) is 5.38. The van der Waals surface area contributed by atoms with E-state index in [0.29, 0.717) is 21.7 Å². The number of rotatable bonds is 4. The second-order valence-corrected chi connectivity index (χ2v) is 6.31. The van der Waals surface area contributed by atoms with Gasteiger partial charge in [0.15, 0.2) is 0 Å². The smallest absolute Gasteiger partial charge is 0.338 e. The first kappa shape index (κ1) is 13.5. The third kappa shape index (κ3) is 2.77. The molecule has 0 saturated carbocycles. The van der Waals surface area contributed by atoms with Gasteiger partial charge in [0.05, 0.1) is 5.56 Å². The fourth-order valence-electron chi connectivity index (χ4n) is 1.74. The Kier molecular flexibility index (Phi) is 4.39. The molecule has 0 spiro atoms. The molecular formula is C12H17ClO2S. The van der Waals surface area contributed by atoms with Crippen LogP contribution in [0.25, 0.3) is 0 Å². The molecule has 1 N–H and O–H groups in total. The van der Waals surface area contributed by atoms with Crippen molar-refractivity contribution in [2.45, 2.75) is 40.0 Å². The van der Waals surface area contributed by atoms with Gasteiger partial charge in [-0.3, -0.25) is 0 Å². The topological polar surface area (TPSA) is 37.3 Å². The maximum Gasteiger partial charge on any atom is 0.338 e. The van der Waals surface area contributed by atoms with Crippen LogP contribution in [0, 0.1) is 5.92 Å². The molecule has 1 heterocycles. The Balaban J connectivity index is 3.31. The Morgan fingerprint density at radius 2 is 1.94 bits per heavy atom. The molecule has 0 atom stereocenters. The van der Waals surface area contributed by atoms with E-state index in [9.17, 15) is 9.90 Å². The molecule has 0 radical (unpaired) electrons. The van der Waals surface area contributed by atoms with Gasteiger partial charge in [0.1, 0.15) is 4.34 Å². The monoisotopic (exact) mass is 260 g/mol. The third-order valence-electron chi connectivity index (χ3n) is 2.35. The van der Waals surface area contributed by atoms with Crippen LogP contribution < -0.4 is 0 Å². The number of aromatic carboxylic acids is 1. The largest absolute Gasteiger partial charge is 0.478 e. The highest BCUT2D eigenvalue weighted by molar-refractivity contribution is 7.16. The average molecular weight is 261 g/mol. The fourth-order valence-corrected chi connectivity index (χ4v) is 3.24. The molecule has 0 aromatic carbocycles. The van der Waals surface area contributed by atoms with Gasteiger partial charge < -0.3 is 5.11 Å². The van der Waals surface area contributed by atoms with Crippen LogP contribution >= 0.6 is 22.9 Å². The lowest BCUT2D eigenvalue weighted by Crippen LogP contribution is -2.05. The van der Waals surface area contributed by atoms with Crippen molar-refractivity contribution >= 4 is 28.9 Å². The predicted octanol–water partition coefficient (Wildman–Crippen LogP) is 4.42. The summed E-state index contributed by atoms with van der Waals surface area (Å²) in [6.45, 7) is 8.30. The van der Waals surface area contributed by atoms with Crippen LogP contribution in [0.5, 0.6) is 0 Å². The second kappa shape index (κ2) is 5.19. The Hall–Kier alpha value is -0.540. The van der Waals surface area contributed by atoms with E-state index in [-0.39, 0.29) is 0 Å². The molecule has 0 aliphatic rings. The number of hydrogen-bond acceptors (Lipinski definition) is 2. The van der Waals surface area contributed by atoms with Gasteiger partial charge in [-0.25, -0.2) is 4.79 Å². The lowest BCUT2D eigenvalue weighted by Gasteiger charge is -2.10. The summed E-state index contributed by atoms with van der Waals surface area (Å²) in [5.74, 6) is -0.158. The van der Waals surface area contributed by atoms with E-state index in [1.54, 1.807) is 0 Å². The maximum absolute atomic E-state index is 11.2. The van der Waals surface area contributed by atoms with Crippen molar-refractivity contribution in [1.82, 2.24) is 0 Å². The van der Waals surface area contributed by atoms with E-state index in [1.807, 2.05) is 0 Å². The quantitative estimate of drug-likeness (QED) is 0.870. The van der Waals surface area contributed by atoms with E-state index in [1.165, 1.54) is 11.3 Å². The lowest BCUT2D eigenvalue weighted by atomic mass is 9.96. The summed E-state index contributed by atoms with van der Waals surface area (Å²) in [7, 11) is 0. The molecule has 0 fully saturated rings. The highest BCUT2D eigenvalue weighted by atomic mass is 35.5. The van der Waals surface area contributed by atoms with Gasteiger partial charge in [0, 0.05) is 4.88 Å². The number of carboxylic acids is 1. The molecule has 0 bridgehead atoms. The van der Waals surface area contributed by atoms with Gasteiger partial charge >= 0.3 is 5.97 Å². The van der Waals surface area contributed by atoms with Crippen molar-refractivity contribution in [3.63, 3.8) is 0 Å². The standard InChI is InChI=1S/C12H17ClO2S/c1-6(2)5-8-9(12(14)15)11(13)16-10(8)7(3)4/h6-7H,5H2,1-4H3,(H,14,15). The highest BCUT2D eigenvalue weighted by Crippen LogP contribution is 2.38. The molecule has 1 aromatic heterocycles. The van der Waals surface area contributed by atoms with Crippen LogP contribution in [0.3, 0.4) is 0 Å². The van der Waals surface area contributed by atoms with E-state index in [2.05, 4.69) is 27.7 Å². The lowest BCUT2D eigenvalue weighted by molar-refractivity contribution is 0.0696. The molecule has 90 valence electrons. The van der Waals surface area contributed by atoms with Crippen LogP contribution in [-0.4, -0.2) is 11.1 Å². The van der Waals surface area contributed by atoms with E-state index < -0.39 is 5.97 Å². The number of thiophene rings is 1. The molecule has 0 saturated heterocycles. The minimum absolute atomic E-state index is 0.309. The SMILES string of the molecule is CC(C)Cc1c(C(C)C)sc(Cl)c1C(=O)O. The molecule has 0 aliphatic carbocycles. The number of carbonyl (C=O) groups is 1. The predicted molar refractivity (Wildman–Crippen MR) is 68.9 cm³/mol. The molecule has 1 aromatic rings. The van der Waals surface area contributed by atoms with Gasteiger partial charge in [-0.15, -0.1) is 11.3 Å². The summed E-state index contributed by atoms with van der Waals surface area (Å²) in [5.41, 5.74) is 1.23. The van der Waals surface area contributed by atoms with E-state index >= 15 is 0 Å². The number of carboxylic acid groups (broad SMARTS) is 1. The fraction of sp³-hybridized carbons (Fsp3) is 0.583. The summed E-state index contributed by atoms with van der Waals surface area (Å²) >= 11 is 7.41. The van der Waals surface area contributed by atoms with Crippen molar-refractivity contribution in [2.75, 3.05) is 0 Å². The Labute approximate surface area is 105 Å². The molecular weight excluding hydrogens is 244 g/mol. The van der Waals surface area contributed by atoms with Crippen LogP contribution in [0.2, 0.25) is 4.34 Å². The van der Waals surface area contributed by atoms with Crippen molar-refractivity contribution in [3.8, 4) is 0 Å². The van der Waals surface area contributed by atoms with Crippen LogP contribution in [-0.2, 0) is 6.42 Å². The minimum Gasteiger partial charge on any atom is -0.478 e. The van der Waals surface area contributed by atoms with Gasteiger partial charge in [-0.1, -0.05) is 39.3 Å². The zero-order valence-electron chi connectivity index (χ0n) is 10.0. The summed E-state index contributed by atoms with van der Waals surface area (Å²) in [6.07, 6.45) is 0.776. The molecule has 2 nitrogen and oxygen atoms in total. The van der Waals surface area contributed by atoms with E-state index in [0.717, 1.165) is 16.9 Å². The maximum atomic E-state index is 11.2.